The summed E-state index contributed by atoms with van der Waals surface area (Å²) < 4.78 is 9.75. The van der Waals surface area contributed by atoms with E-state index < -0.39 is 5.97 Å². The molecular weight excluding hydrogens is 170 g/mol. The summed E-state index contributed by atoms with van der Waals surface area (Å²) in [6.45, 7) is 2.40. The van der Waals surface area contributed by atoms with Crippen molar-refractivity contribution in [3.05, 3.63) is 0 Å². The van der Waals surface area contributed by atoms with Crippen LogP contribution in [0, 0.1) is 11.8 Å². The minimum atomic E-state index is -0.497. The molecule has 0 saturated carbocycles. The van der Waals surface area contributed by atoms with Gasteiger partial charge in [0.25, 0.3) is 0 Å². The average Bonchev–Trinajstić information content (AvgIpc) is 2.19. The Labute approximate surface area is 77.6 Å². The molecule has 1 aliphatic rings. The Morgan fingerprint density at radius 2 is 2.62 bits per heavy atom. The molecule has 0 aromatic heterocycles. The lowest BCUT2D eigenvalue weighted by atomic mass is 10.2. The lowest BCUT2D eigenvalue weighted by molar-refractivity contribution is -0.133. The Kier molecular flexibility index (Phi) is 4.30. The summed E-state index contributed by atoms with van der Waals surface area (Å²) >= 11 is 0. The molecule has 1 rings (SSSR count). The van der Waals surface area contributed by atoms with E-state index in [1.807, 2.05) is 0 Å². The van der Waals surface area contributed by atoms with Crippen molar-refractivity contribution in [1.82, 2.24) is 5.32 Å². The van der Waals surface area contributed by atoms with Crippen LogP contribution in [0.25, 0.3) is 0 Å². The smallest absolute Gasteiger partial charge is 0.384 e. The first-order valence-corrected chi connectivity index (χ1v) is 4.22. The van der Waals surface area contributed by atoms with Gasteiger partial charge in [-0.1, -0.05) is 5.92 Å². The molecule has 4 heteroatoms. The summed E-state index contributed by atoms with van der Waals surface area (Å²) in [6, 6.07) is 0. The highest BCUT2D eigenvalue weighted by Crippen LogP contribution is 1.99. The monoisotopic (exact) mass is 183 g/mol. The fraction of sp³-hybridized carbons (Fsp3) is 0.667. The second-order valence-corrected chi connectivity index (χ2v) is 2.69. The molecule has 72 valence electrons. The lowest BCUT2D eigenvalue weighted by Crippen LogP contribution is -2.38. The Bertz CT molecular complexity index is 223. The molecule has 1 heterocycles. The van der Waals surface area contributed by atoms with Crippen LogP contribution in [-0.2, 0) is 14.3 Å². The zero-order chi connectivity index (χ0) is 9.52. The molecule has 0 aliphatic carbocycles. The van der Waals surface area contributed by atoms with Crippen molar-refractivity contribution in [1.29, 1.82) is 0 Å². The second-order valence-electron chi connectivity index (χ2n) is 2.69. The normalized spacial score (nSPS) is 21.5. The Morgan fingerprint density at radius 3 is 3.23 bits per heavy atom. The highest BCUT2D eigenvalue weighted by atomic mass is 16.5. The van der Waals surface area contributed by atoms with E-state index in [-0.39, 0.29) is 6.10 Å². The molecule has 0 radical (unpaired) electrons. The van der Waals surface area contributed by atoms with Crippen LogP contribution in [0.1, 0.15) is 6.42 Å². The van der Waals surface area contributed by atoms with Gasteiger partial charge in [0.05, 0.1) is 19.8 Å². The summed E-state index contributed by atoms with van der Waals surface area (Å²) in [5.74, 6) is 4.58. The third-order valence-corrected chi connectivity index (χ3v) is 1.71. The van der Waals surface area contributed by atoms with Gasteiger partial charge in [0.2, 0.25) is 0 Å². The van der Waals surface area contributed by atoms with Crippen molar-refractivity contribution in [2.45, 2.75) is 12.5 Å². The average molecular weight is 183 g/mol. The van der Waals surface area contributed by atoms with E-state index in [9.17, 15) is 4.79 Å². The molecule has 1 atom stereocenters. The fourth-order valence-electron chi connectivity index (χ4n) is 1.04. The minimum Gasteiger partial charge on any atom is -0.459 e. The summed E-state index contributed by atoms with van der Waals surface area (Å²) in [5.41, 5.74) is 0. The predicted octanol–water partition coefficient (Wildman–Crippen LogP) is -0.459. The fourth-order valence-corrected chi connectivity index (χ4v) is 1.04. The van der Waals surface area contributed by atoms with Crippen molar-refractivity contribution >= 4 is 5.97 Å². The number of hydrogen-bond donors (Lipinski definition) is 1. The van der Waals surface area contributed by atoms with Gasteiger partial charge in [0.15, 0.2) is 0 Å². The van der Waals surface area contributed by atoms with Crippen LogP contribution in [0.2, 0.25) is 0 Å². The van der Waals surface area contributed by atoms with E-state index in [0.29, 0.717) is 13.0 Å². The van der Waals surface area contributed by atoms with Crippen LogP contribution < -0.4 is 5.32 Å². The number of carbonyl (C=O) groups excluding carboxylic acids is 1. The molecule has 1 saturated heterocycles. The summed E-state index contributed by atoms with van der Waals surface area (Å²) in [5, 5.41) is 3.18. The van der Waals surface area contributed by atoms with Gasteiger partial charge >= 0.3 is 5.97 Å². The quantitative estimate of drug-likeness (QED) is 0.339. The third-order valence-electron chi connectivity index (χ3n) is 1.71. The molecule has 0 bridgehead atoms. The Hall–Kier alpha value is -1.05. The van der Waals surface area contributed by atoms with Gasteiger partial charge in [-0.2, -0.15) is 0 Å². The summed E-state index contributed by atoms with van der Waals surface area (Å²) in [7, 11) is 1.32. The number of ether oxygens (including phenoxy) is 2. The van der Waals surface area contributed by atoms with Crippen LogP contribution >= 0.6 is 0 Å². The molecular formula is C9H13NO3. The maximum absolute atomic E-state index is 10.6. The third kappa shape index (κ3) is 3.92. The van der Waals surface area contributed by atoms with Crippen molar-refractivity contribution < 1.29 is 14.3 Å². The summed E-state index contributed by atoms with van der Waals surface area (Å²) in [6.07, 6.45) is 0.674. The van der Waals surface area contributed by atoms with Gasteiger partial charge in [0.1, 0.15) is 0 Å². The predicted molar refractivity (Wildman–Crippen MR) is 47.0 cm³/mol. The zero-order valence-corrected chi connectivity index (χ0v) is 7.63. The Balaban J connectivity index is 2.22. The maximum atomic E-state index is 10.6. The van der Waals surface area contributed by atoms with Crippen molar-refractivity contribution in [3.63, 3.8) is 0 Å². The standard InChI is InChI=1S/C9H13NO3/c1-12-9(11)4-2-3-8-7-10-5-6-13-8/h8,10H,3,5-7H2,1H3. The molecule has 1 unspecified atom stereocenters. The van der Waals surface area contributed by atoms with E-state index in [1.54, 1.807) is 0 Å². The van der Waals surface area contributed by atoms with Crippen LogP contribution in [0.4, 0.5) is 0 Å². The van der Waals surface area contributed by atoms with E-state index in [4.69, 9.17) is 4.74 Å². The van der Waals surface area contributed by atoms with Crippen LogP contribution in [0.5, 0.6) is 0 Å². The maximum Gasteiger partial charge on any atom is 0.384 e. The van der Waals surface area contributed by atoms with Crippen molar-refractivity contribution in [2.24, 2.45) is 0 Å². The molecule has 1 N–H and O–H groups in total. The number of methoxy groups -OCH3 is 1. The number of morpholine rings is 1. The van der Waals surface area contributed by atoms with Crippen LogP contribution in [-0.4, -0.2) is 38.9 Å². The number of hydrogen-bond acceptors (Lipinski definition) is 4. The topological polar surface area (TPSA) is 47.6 Å². The van der Waals surface area contributed by atoms with Crippen LogP contribution in [0.3, 0.4) is 0 Å². The van der Waals surface area contributed by atoms with Gasteiger partial charge in [-0.05, 0) is 0 Å². The first-order valence-electron chi connectivity index (χ1n) is 4.22. The van der Waals surface area contributed by atoms with Gasteiger partial charge in [-0.25, -0.2) is 4.79 Å². The van der Waals surface area contributed by atoms with Gasteiger partial charge in [-0.15, -0.1) is 0 Å². The largest absolute Gasteiger partial charge is 0.459 e. The van der Waals surface area contributed by atoms with Crippen molar-refractivity contribution in [2.75, 3.05) is 26.8 Å². The van der Waals surface area contributed by atoms with Crippen molar-refractivity contribution in [3.8, 4) is 11.8 Å². The van der Waals surface area contributed by atoms with E-state index in [2.05, 4.69) is 21.9 Å². The summed E-state index contributed by atoms with van der Waals surface area (Å²) in [4.78, 5) is 10.6. The first kappa shape index (κ1) is 10.0. The molecule has 0 aromatic carbocycles. The minimum absolute atomic E-state index is 0.103. The molecule has 1 fully saturated rings. The number of carbonyl (C=O) groups is 1. The highest BCUT2D eigenvalue weighted by molar-refractivity contribution is 5.88. The molecule has 0 spiro atoms. The molecule has 4 nitrogen and oxygen atoms in total. The van der Waals surface area contributed by atoms with Gasteiger partial charge < -0.3 is 14.8 Å². The molecule has 13 heavy (non-hydrogen) atoms. The number of rotatable bonds is 1. The lowest BCUT2D eigenvalue weighted by Gasteiger charge is -2.21. The SMILES string of the molecule is COC(=O)C#CCC1CNCCO1. The first-order chi connectivity index (χ1) is 6.33. The second kappa shape index (κ2) is 5.57. The van der Waals surface area contributed by atoms with Gasteiger partial charge in [-0.3, -0.25) is 0 Å². The molecule has 0 amide bonds. The number of esters is 1. The molecule has 1 aliphatic heterocycles. The molecule has 0 aromatic rings. The zero-order valence-electron chi connectivity index (χ0n) is 7.63. The Morgan fingerprint density at radius 1 is 1.77 bits per heavy atom. The van der Waals surface area contributed by atoms with Gasteiger partial charge in [0, 0.05) is 25.4 Å². The number of nitrogens with one attached hydrogen (secondary N) is 1. The van der Waals surface area contributed by atoms with E-state index in [0.717, 1.165) is 13.1 Å². The van der Waals surface area contributed by atoms with E-state index >= 15 is 0 Å². The highest BCUT2D eigenvalue weighted by Gasteiger charge is 2.11. The van der Waals surface area contributed by atoms with Crippen LogP contribution in [0.15, 0.2) is 0 Å². The van der Waals surface area contributed by atoms with E-state index in [1.165, 1.54) is 7.11 Å².